The van der Waals surface area contributed by atoms with Crippen molar-refractivity contribution in [1.29, 1.82) is 0 Å². The van der Waals surface area contributed by atoms with Crippen LogP contribution < -0.4 is 4.74 Å². The van der Waals surface area contributed by atoms with Crippen LogP contribution in [0, 0.1) is 0 Å². The van der Waals surface area contributed by atoms with Crippen molar-refractivity contribution < 1.29 is 4.74 Å². The number of unbranched alkanes of at least 4 members (excludes halogenated alkanes) is 1. The summed E-state index contributed by atoms with van der Waals surface area (Å²) in [5, 5.41) is 10.2. The van der Waals surface area contributed by atoms with Crippen LogP contribution in [0.1, 0.15) is 19.8 Å². The molecule has 0 radical (unpaired) electrons. The number of ether oxygens (including phenoxy) is 1. The summed E-state index contributed by atoms with van der Waals surface area (Å²) in [5.41, 5.74) is 1.12. The molecule has 0 spiro atoms. The van der Waals surface area contributed by atoms with E-state index in [1.807, 2.05) is 0 Å². The second-order valence-corrected chi connectivity index (χ2v) is 2.88. The second kappa shape index (κ2) is 3.99. The predicted octanol–water partition coefficient (Wildman–Crippen LogP) is 0.927. The lowest BCUT2D eigenvalue weighted by Crippen LogP contribution is -1.99. The number of rotatable bonds is 4. The highest BCUT2D eigenvalue weighted by molar-refractivity contribution is 5.73. The molecule has 0 saturated heterocycles. The van der Waals surface area contributed by atoms with Crippen LogP contribution in [-0.4, -0.2) is 32.0 Å². The summed E-state index contributed by atoms with van der Waals surface area (Å²) in [6.45, 7) is 2.75. The Morgan fingerprint density at radius 3 is 3.14 bits per heavy atom. The number of aromatic amines is 1. The first kappa shape index (κ1) is 8.86. The minimum atomic E-state index is 0.497. The van der Waals surface area contributed by atoms with Gasteiger partial charge < -0.3 is 4.74 Å². The maximum Gasteiger partial charge on any atom is 0.247 e. The Bertz CT molecular complexity index is 413. The molecular formula is C8H11N5O. The van der Waals surface area contributed by atoms with Crippen LogP contribution in [0.4, 0.5) is 0 Å². The molecule has 6 nitrogen and oxygen atoms in total. The summed E-state index contributed by atoms with van der Waals surface area (Å²) in [6, 6.07) is 0. The average Bonchev–Trinajstić information content (AvgIpc) is 2.67. The first-order chi connectivity index (χ1) is 6.92. The maximum atomic E-state index is 5.44. The Hall–Kier alpha value is -1.72. The molecule has 0 bridgehead atoms. The van der Waals surface area contributed by atoms with Crippen molar-refractivity contribution in [2.75, 3.05) is 6.61 Å². The van der Waals surface area contributed by atoms with Crippen molar-refractivity contribution >= 4 is 11.2 Å². The normalized spacial score (nSPS) is 10.6. The topological polar surface area (TPSA) is 76.6 Å². The van der Waals surface area contributed by atoms with Crippen molar-refractivity contribution in [2.45, 2.75) is 19.8 Å². The quantitative estimate of drug-likeness (QED) is 0.731. The van der Waals surface area contributed by atoms with E-state index in [9.17, 15) is 0 Å². The highest BCUT2D eigenvalue weighted by atomic mass is 16.5. The number of nitrogens with one attached hydrogen (secondary N) is 1. The number of hydrogen-bond donors (Lipinski definition) is 1. The van der Waals surface area contributed by atoms with Crippen LogP contribution in [0.5, 0.6) is 5.88 Å². The van der Waals surface area contributed by atoms with E-state index in [-0.39, 0.29) is 0 Å². The Kier molecular flexibility index (Phi) is 2.53. The van der Waals surface area contributed by atoms with Crippen molar-refractivity contribution in [3.63, 3.8) is 0 Å². The Labute approximate surface area is 80.7 Å². The molecule has 6 heteroatoms. The van der Waals surface area contributed by atoms with Gasteiger partial charge in [0.2, 0.25) is 11.5 Å². The fourth-order valence-electron chi connectivity index (χ4n) is 1.07. The summed E-state index contributed by atoms with van der Waals surface area (Å²) in [6.07, 6.45) is 3.52. The van der Waals surface area contributed by atoms with Crippen LogP contribution in [0.2, 0.25) is 0 Å². The first-order valence-electron chi connectivity index (χ1n) is 4.56. The fraction of sp³-hybridized carbons (Fsp3) is 0.500. The largest absolute Gasteiger partial charge is 0.476 e. The van der Waals surface area contributed by atoms with Crippen molar-refractivity contribution in [3.8, 4) is 5.88 Å². The van der Waals surface area contributed by atoms with Crippen molar-refractivity contribution in [3.05, 3.63) is 6.33 Å². The SMILES string of the molecule is CCCCOc1ncnc2n[nH]nc12. The monoisotopic (exact) mass is 193 g/mol. The number of aromatic nitrogens is 5. The van der Waals surface area contributed by atoms with E-state index < -0.39 is 0 Å². The first-order valence-corrected chi connectivity index (χ1v) is 4.56. The van der Waals surface area contributed by atoms with Gasteiger partial charge in [0.15, 0.2) is 5.52 Å². The third-order valence-electron chi connectivity index (χ3n) is 1.82. The Morgan fingerprint density at radius 2 is 2.29 bits per heavy atom. The highest BCUT2D eigenvalue weighted by Crippen LogP contribution is 2.15. The average molecular weight is 193 g/mol. The van der Waals surface area contributed by atoms with Crippen LogP contribution in [0.3, 0.4) is 0 Å². The van der Waals surface area contributed by atoms with Gasteiger partial charge in [-0.05, 0) is 6.42 Å². The van der Waals surface area contributed by atoms with E-state index in [0.717, 1.165) is 12.8 Å². The molecular weight excluding hydrogens is 182 g/mol. The van der Waals surface area contributed by atoms with Gasteiger partial charge in [-0.25, -0.2) is 4.98 Å². The van der Waals surface area contributed by atoms with Gasteiger partial charge in [0.1, 0.15) is 6.33 Å². The molecule has 2 aromatic rings. The molecule has 0 atom stereocenters. The molecule has 0 aliphatic rings. The van der Waals surface area contributed by atoms with E-state index >= 15 is 0 Å². The molecule has 0 aromatic carbocycles. The van der Waals surface area contributed by atoms with Gasteiger partial charge in [0.05, 0.1) is 6.61 Å². The zero-order valence-electron chi connectivity index (χ0n) is 7.90. The minimum absolute atomic E-state index is 0.497. The molecule has 0 amide bonds. The lowest BCUT2D eigenvalue weighted by atomic mass is 10.4. The van der Waals surface area contributed by atoms with Gasteiger partial charge in [-0.2, -0.15) is 10.2 Å². The van der Waals surface area contributed by atoms with Crippen LogP contribution >= 0.6 is 0 Å². The second-order valence-electron chi connectivity index (χ2n) is 2.88. The van der Waals surface area contributed by atoms with E-state index in [4.69, 9.17) is 4.74 Å². The molecule has 2 rings (SSSR count). The number of fused-ring (bicyclic) bond motifs is 1. The minimum Gasteiger partial charge on any atom is -0.476 e. The summed E-state index contributed by atoms with van der Waals surface area (Å²) in [7, 11) is 0. The van der Waals surface area contributed by atoms with Gasteiger partial charge in [0, 0.05) is 0 Å². The molecule has 0 fully saturated rings. The molecule has 2 aromatic heterocycles. The number of H-pyrrole nitrogens is 1. The summed E-state index contributed by atoms with van der Waals surface area (Å²) < 4.78 is 5.44. The maximum absolute atomic E-state index is 5.44. The van der Waals surface area contributed by atoms with E-state index in [1.165, 1.54) is 6.33 Å². The van der Waals surface area contributed by atoms with Gasteiger partial charge in [-0.1, -0.05) is 13.3 Å². The molecule has 0 saturated carbocycles. The number of nitrogens with zero attached hydrogens (tertiary/aromatic N) is 4. The van der Waals surface area contributed by atoms with Gasteiger partial charge in [-0.3, -0.25) is 0 Å². The molecule has 0 aliphatic carbocycles. The Morgan fingerprint density at radius 1 is 1.36 bits per heavy atom. The lowest BCUT2D eigenvalue weighted by molar-refractivity contribution is 0.300. The van der Waals surface area contributed by atoms with Crippen molar-refractivity contribution in [2.24, 2.45) is 0 Å². The third-order valence-corrected chi connectivity index (χ3v) is 1.82. The van der Waals surface area contributed by atoms with E-state index in [1.54, 1.807) is 0 Å². The molecule has 14 heavy (non-hydrogen) atoms. The highest BCUT2D eigenvalue weighted by Gasteiger charge is 2.07. The predicted molar refractivity (Wildman–Crippen MR) is 49.9 cm³/mol. The van der Waals surface area contributed by atoms with Gasteiger partial charge in [0.25, 0.3) is 0 Å². The fourth-order valence-corrected chi connectivity index (χ4v) is 1.07. The third kappa shape index (κ3) is 1.63. The summed E-state index contributed by atoms with van der Waals surface area (Å²) in [4.78, 5) is 7.93. The smallest absolute Gasteiger partial charge is 0.247 e. The molecule has 0 unspecified atom stereocenters. The zero-order chi connectivity index (χ0) is 9.80. The number of hydrogen-bond acceptors (Lipinski definition) is 5. The zero-order valence-corrected chi connectivity index (χ0v) is 7.90. The van der Waals surface area contributed by atoms with Crippen LogP contribution in [0.15, 0.2) is 6.33 Å². The standard InChI is InChI=1S/C8H11N5O/c1-2-3-4-14-8-6-7(9-5-10-8)12-13-11-6/h5H,2-4H2,1H3,(H,9,10,11,12,13). The molecule has 1 N–H and O–H groups in total. The van der Waals surface area contributed by atoms with Crippen molar-refractivity contribution in [1.82, 2.24) is 25.4 Å². The van der Waals surface area contributed by atoms with E-state index in [0.29, 0.717) is 23.7 Å². The Balaban J connectivity index is 2.19. The molecule has 0 aliphatic heterocycles. The van der Waals surface area contributed by atoms with Crippen LogP contribution in [0.25, 0.3) is 11.2 Å². The summed E-state index contributed by atoms with van der Waals surface area (Å²) >= 11 is 0. The van der Waals surface area contributed by atoms with E-state index in [2.05, 4.69) is 32.3 Å². The summed E-state index contributed by atoms with van der Waals surface area (Å²) in [5.74, 6) is 0.497. The van der Waals surface area contributed by atoms with Crippen LogP contribution in [-0.2, 0) is 0 Å². The molecule has 74 valence electrons. The van der Waals surface area contributed by atoms with Gasteiger partial charge in [-0.15, -0.1) is 10.2 Å². The lowest BCUT2D eigenvalue weighted by Gasteiger charge is -2.02. The van der Waals surface area contributed by atoms with Gasteiger partial charge >= 0.3 is 0 Å². The molecule has 2 heterocycles.